The molecule has 0 spiro atoms. The van der Waals surface area contributed by atoms with Gasteiger partial charge in [-0.1, -0.05) is 25.4 Å². The molecule has 0 radical (unpaired) electrons. The second-order valence-electron chi connectivity index (χ2n) is 4.28. The van der Waals surface area contributed by atoms with Gasteiger partial charge in [-0.25, -0.2) is 4.39 Å². The molecule has 100 valence electrons. The SMILES string of the molecule is CCCN(CC(C)C(=O)O)c1ccc(F)c(Cl)c1. The first kappa shape index (κ1) is 14.8. The molecule has 5 heteroatoms. The van der Waals surface area contributed by atoms with E-state index in [-0.39, 0.29) is 5.02 Å². The minimum Gasteiger partial charge on any atom is -0.481 e. The van der Waals surface area contributed by atoms with Crippen molar-refractivity contribution in [2.24, 2.45) is 5.92 Å². The van der Waals surface area contributed by atoms with Gasteiger partial charge in [0.05, 0.1) is 10.9 Å². The van der Waals surface area contributed by atoms with Crippen LogP contribution in [0, 0.1) is 11.7 Å². The molecule has 3 nitrogen and oxygen atoms in total. The van der Waals surface area contributed by atoms with Gasteiger partial charge >= 0.3 is 5.97 Å². The first-order valence-electron chi connectivity index (χ1n) is 5.88. The van der Waals surface area contributed by atoms with E-state index < -0.39 is 17.7 Å². The average molecular weight is 274 g/mol. The van der Waals surface area contributed by atoms with Crippen LogP contribution < -0.4 is 4.90 Å². The number of anilines is 1. The number of carboxylic acids is 1. The molecular weight excluding hydrogens is 257 g/mol. The van der Waals surface area contributed by atoms with Crippen LogP contribution in [-0.2, 0) is 4.79 Å². The fourth-order valence-electron chi connectivity index (χ4n) is 1.69. The van der Waals surface area contributed by atoms with Crippen molar-refractivity contribution in [3.63, 3.8) is 0 Å². The Bertz CT molecular complexity index is 425. The van der Waals surface area contributed by atoms with Crippen LogP contribution in [0.4, 0.5) is 10.1 Å². The molecule has 0 saturated heterocycles. The van der Waals surface area contributed by atoms with Crippen LogP contribution >= 0.6 is 11.6 Å². The molecule has 0 bridgehead atoms. The summed E-state index contributed by atoms with van der Waals surface area (Å²) in [4.78, 5) is 12.8. The highest BCUT2D eigenvalue weighted by Gasteiger charge is 2.16. The van der Waals surface area contributed by atoms with E-state index in [1.54, 1.807) is 13.0 Å². The summed E-state index contributed by atoms with van der Waals surface area (Å²) in [6.45, 7) is 4.74. The molecule has 1 aromatic rings. The summed E-state index contributed by atoms with van der Waals surface area (Å²) >= 11 is 5.74. The smallest absolute Gasteiger partial charge is 0.308 e. The van der Waals surface area contributed by atoms with Gasteiger partial charge in [0.2, 0.25) is 0 Å². The Morgan fingerprint density at radius 1 is 1.56 bits per heavy atom. The van der Waals surface area contributed by atoms with Gasteiger partial charge in [0.1, 0.15) is 5.82 Å². The number of hydrogen-bond donors (Lipinski definition) is 1. The Labute approximate surface area is 111 Å². The van der Waals surface area contributed by atoms with Crippen LogP contribution in [0.3, 0.4) is 0 Å². The number of halogens is 2. The molecule has 0 aliphatic heterocycles. The average Bonchev–Trinajstić information content (AvgIpc) is 2.32. The Hall–Kier alpha value is -1.29. The lowest BCUT2D eigenvalue weighted by molar-refractivity contribution is -0.140. The monoisotopic (exact) mass is 273 g/mol. The van der Waals surface area contributed by atoms with Crippen molar-refractivity contribution >= 4 is 23.3 Å². The minimum absolute atomic E-state index is 0.0524. The Morgan fingerprint density at radius 3 is 2.72 bits per heavy atom. The van der Waals surface area contributed by atoms with Crippen molar-refractivity contribution in [2.75, 3.05) is 18.0 Å². The molecule has 1 rings (SSSR count). The van der Waals surface area contributed by atoms with Crippen LogP contribution in [0.5, 0.6) is 0 Å². The summed E-state index contributed by atoms with van der Waals surface area (Å²) in [6, 6.07) is 4.44. The summed E-state index contributed by atoms with van der Waals surface area (Å²) in [5.74, 6) is -1.80. The highest BCUT2D eigenvalue weighted by molar-refractivity contribution is 6.31. The first-order chi connectivity index (χ1) is 8.45. The summed E-state index contributed by atoms with van der Waals surface area (Å²) in [6.07, 6.45) is 0.876. The Kier molecular flexibility index (Phi) is 5.41. The van der Waals surface area contributed by atoms with E-state index in [1.165, 1.54) is 12.1 Å². The lowest BCUT2D eigenvalue weighted by Gasteiger charge is -2.26. The highest BCUT2D eigenvalue weighted by Crippen LogP contribution is 2.23. The molecule has 0 aliphatic carbocycles. The maximum atomic E-state index is 13.1. The molecule has 18 heavy (non-hydrogen) atoms. The van der Waals surface area contributed by atoms with Gasteiger partial charge in [-0.3, -0.25) is 4.79 Å². The molecule has 0 aliphatic rings. The largest absolute Gasteiger partial charge is 0.481 e. The third kappa shape index (κ3) is 3.88. The number of rotatable bonds is 6. The van der Waals surface area contributed by atoms with E-state index in [9.17, 15) is 9.18 Å². The lowest BCUT2D eigenvalue weighted by Crippen LogP contribution is -2.32. The van der Waals surface area contributed by atoms with Crippen LogP contribution in [0.25, 0.3) is 0 Å². The van der Waals surface area contributed by atoms with Gasteiger partial charge in [0.25, 0.3) is 0 Å². The van der Waals surface area contributed by atoms with Crippen molar-refractivity contribution < 1.29 is 14.3 Å². The number of benzene rings is 1. The first-order valence-corrected chi connectivity index (χ1v) is 6.26. The predicted octanol–water partition coefficient (Wildman–Crippen LogP) is 3.42. The molecule has 0 fully saturated rings. The van der Waals surface area contributed by atoms with E-state index in [0.717, 1.165) is 12.1 Å². The highest BCUT2D eigenvalue weighted by atomic mass is 35.5. The van der Waals surface area contributed by atoms with Crippen LogP contribution in [0.2, 0.25) is 5.02 Å². The van der Waals surface area contributed by atoms with Crippen molar-refractivity contribution in [1.29, 1.82) is 0 Å². The van der Waals surface area contributed by atoms with Crippen molar-refractivity contribution in [3.05, 3.63) is 29.0 Å². The van der Waals surface area contributed by atoms with Crippen molar-refractivity contribution in [3.8, 4) is 0 Å². The molecule has 0 aromatic heterocycles. The minimum atomic E-state index is -0.843. The zero-order chi connectivity index (χ0) is 13.7. The van der Waals surface area contributed by atoms with E-state index in [4.69, 9.17) is 16.7 Å². The Balaban J connectivity index is 2.89. The fraction of sp³-hybridized carbons (Fsp3) is 0.462. The predicted molar refractivity (Wildman–Crippen MR) is 70.7 cm³/mol. The fourth-order valence-corrected chi connectivity index (χ4v) is 1.86. The van der Waals surface area contributed by atoms with Gasteiger partial charge in [-0.2, -0.15) is 0 Å². The topological polar surface area (TPSA) is 40.5 Å². The number of hydrogen-bond acceptors (Lipinski definition) is 2. The van der Waals surface area contributed by atoms with Gasteiger partial charge in [0, 0.05) is 18.8 Å². The van der Waals surface area contributed by atoms with Crippen LogP contribution in [-0.4, -0.2) is 24.2 Å². The van der Waals surface area contributed by atoms with Gasteiger partial charge in [0.15, 0.2) is 0 Å². The van der Waals surface area contributed by atoms with Gasteiger partial charge in [-0.15, -0.1) is 0 Å². The molecule has 1 unspecified atom stereocenters. The van der Waals surface area contributed by atoms with Gasteiger partial charge < -0.3 is 10.0 Å². The van der Waals surface area contributed by atoms with E-state index in [1.807, 2.05) is 11.8 Å². The lowest BCUT2D eigenvalue weighted by atomic mass is 10.1. The van der Waals surface area contributed by atoms with Crippen molar-refractivity contribution in [1.82, 2.24) is 0 Å². The molecule has 1 N–H and O–H groups in total. The summed E-state index contributed by atoms with van der Waals surface area (Å²) < 4.78 is 13.1. The van der Waals surface area contributed by atoms with Crippen molar-refractivity contribution in [2.45, 2.75) is 20.3 Å². The maximum Gasteiger partial charge on any atom is 0.308 e. The molecule has 1 atom stereocenters. The maximum absolute atomic E-state index is 13.1. The van der Waals surface area contributed by atoms with Gasteiger partial charge in [-0.05, 0) is 24.6 Å². The van der Waals surface area contributed by atoms with E-state index in [2.05, 4.69) is 0 Å². The zero-order valence-corrected chi connectivity index (χ0v) is 11.2. The quantitative estimate of drug-likeness (QED) is 0.863. The summed E-state index contributed by atoms with van der Waals surface area (Å²) in [5, 5.41) is 8.98. The normalized spacial score (nSPS) is 12.2. The van der Waals surface area contributed by atoms with Crippen LogP contribution in [0.15, 0.2) is 18.2 Å². The number of carboxylic acid groups (broad SMARTS) is 1. The van der Waals surface area contributed by atoms with E-state index >= 15 is 0 Å². The second-order valence-corrected chi connectivity index (χ2v) is 4.69. The standard InChI is InChI=1S/C13H17ClFNO2/c1-3-6-16(8-9(2)13(17)18)10-4-5-12(15)11(14)7-10/h4-5,7,9H,3,6,8H2,1-2H3,(H,17,18). The molecule has 0 amide bonds. The number of aliphatic carboxylic acids is 1. The summed E-state index contributed by atoms with van der Waals surface area (Å²) in [7, 11) is 0. The number of carbonyl (C=O) groups is 1. The molecule has 0 heterocycles. The third-order valence-electron chi connectivity index (χ3n) is 2.68. The molecular formula is C13H17ClFNO2. The summed E-state index contributed by atoms with van der Waals surface area (Å²) in [5.41, 5.74) is 0.747. The van der Waals surface area contributed by atoms with Crippen LogP contribution in [0.1, 0.15) is 20.3 Å². The molecule has 0 saturated carbocycles. The Morgan fingerprint density at radius 2 is 2.22 bits per heavy atom. The van der Waals surface area contributed by atoms with E-state index in [0.29, 0.717) is 13.1 Å². The number of nitrogens with zero attached hydrogens (tertiary/aromatic N) is 1. The molecule has 1 aromatic carbocycles. The second kappa shape index (κ2) is 6.59. The third-order valence-corrected chi connectivity index (χ3v) is 2.97. The zero-order valence-electron chi connectivity index (χ0n) is 10.5.